The Balaban J connectivity index is 1.33. The van der Waals surface area contributed by atoms with Crippen LogP contribution in [0.4, 0.5) is 0 Å². The summed E-state index contributed by atoms with van der Waals surface area (Å²) >= 11 is 1.65. The van der Waals surface area contributed by atoms with Crippen molar-refractivity contribution in [2.24, 2.45) is 0 Å². The Kier molecular flexibility index (Phi) is 5.83. The molecule has 0 atom stereocenters. The van der Waals surface area contributed by atoms with Crippen LogP contribution in [0.1, 0.15) is 20.9 Å². The molecular weight excluding hydrogens is 390 g/mol. The Bertz CT molecular complexity index is 1020. The monoisotopic (exact) mass is 409 g/mol. The number of carbonyl (C=O) groups is 1. The molecule has 0 N–H and O–H groups in total. The van der Waals surface area contributed by atoms with Crippen molar-refractivity contribution in [3.05, 3.63) is 76.8 Å². The van der Waals surface area contributed by atoms with Gasteiger partial charge in [-0.25, -0.2) is 15.0 Å². The fourth-order valence-electron chi connectivity index (χ4n) is 2.70. The maximum absolute atomic E-state index is 11.0. The molecule has 29 heavy (non-hydrogen) atoms. The van der Waals surface area contributed by atoms with Gasteiger partial charge < -0.3 is 9.47 Å². The molecule has 0 aliphatic carbocycles. The zero-order valence-corrected chi connectivity index (χ0v) is 16.6. The van der Waals surface area contributed by atoms with Gasteiger partial charge in [0.15, 0.2) is 18.8 Å². The van der Waals surface area contributed by atoms with E-state index in [1.54, 1.807) is 40.9 Å². The molecule has 3 heterocycles. The minimum absolute atomic E-state index is 0.158. The number of hydroxylamine groups is 2. The Morgan fingerprint density at radius 3 is 2.90 bits per heavy atom. The van der Waals surface area contributed by atoms with E-state index in [4.69, 9.17) is 19.3 Å². The Hall–Kier alpha value is -3.23. The van der Waals surface area contributed by atoms with E-state index >= 15 is 0 Å². The summed E-state index contributed by atoms with van der Waals surface area (Å²) in [6.07, 6.45) is 4.01. The molecule has 0 amide bonds. The largest absolute Gasteiger partial charge is 0.470 e. The van der Waals surface area contributed by atoms with Crippen LogP contribution in [0.25, 0.3) is 10.6 Å². The molecule has 0 spiro atoms. The van der Waals surface area contributed by atoms with Crippen LogP contribution in [-0.4, -0.2) is 34.7 Å². The molecule has 1 aliphatic rings. The quantitative estimate of drug-likeness (QED) is 0.521. The Morgan fingerprint density at radius 2 is 2.07 bits per heavy atom. The molecule has 0 fully saturated rings. The second kappa shape index (κ2) is 8.85. The number of aromatic nitrogens is 2. The van der Waals surface area contributed by atoms with E-state index in [2.05, 4.69) is 4.98 Å². The lowest BCUT2D eigenvalue weighted by Crippen LogP contribution is -2.15. The lowest BCUT2D eigenvalue weighted by atomic mass is 10.2. The third-order valence-electron chi connectivity index (χ3n) is 4.22. The number of thiazole rings is 1. The molecular formula is C21H19N3O4S. The highest BCUT2D eigenvalue weighted by Crippen LogP contribution is 2.28. The summed E-state index contributed by atoms with van der Waals surface area (Å²) in [6, 6.07) is 13.4. The smallest absolute Gasteiger partial charge is 0.224 e. The van der Waals surface area contributed by atoms with Crippen LogP contribution in [-0.2, 0) is 16.2 Å². The topological polar surface area (TPSA) is 73.8 Å². The summed E-state index contributed by atoms with van der Waals surface area (Å²) in [5.74, 6) is 0.866. The number of benzene rings is 1. The van der Waals surface area contributed by atoms with Gasteiger partial charge in [0.25, 0.3) is 0 Å². The van der Waals surface area contributed by atoms with Gasteiger partial charge in [-0.1, -0.05) is 30.3 Å². The van der Waals surface area contributed by atoms with Gasteiger partial charge in [0, 0.05) is 16.6 Å². The highest BCUT2D eigenvalue weighted by molar-refractivity contribution is 7.15. The molecule has 148 valence electrons. The molecule has 4 rings (SSSR count). The fourth-order valence-corrected chi connectivity index (χ4v) is 3.62. The van der Waals surface area contributed by atoms with Crippen LogP contribution in [0.3, 0.4) is 0 Å². The standard InChI is InChI=1S/C21H19N3O4S/c1-15-19(23-21(29-15)16-6-3-2-4-7-16)13-28-24-10-18(27-14-24)12-26-20-17(11-25)8-5-9-22-20/h2-11H,12-14H2,1H3. The van der Waals surface area contributed by atoms with E-state index in [1.165, 1.54) is 0 Å². The van der Waals surface area contributed by atoms with E-state index in [1.807, 2.05) is 37.3 Å². The summed E-state index contributed by atoms with van der Waals surface area (Å²) < 4.78 is 11.1. The summed E-state index contributed by atoms with van der Waals surface area (Å²) in [7, 11) is 0. The molecule has 0 unspecified atom stereocenters. The second-order valence-electron chi connectivity index (χ2n) is 6.25. The number of aryl methyl sites for hydroxylation is 1. The number of carbonyl (C=O) groups excluding carboxylic acids is 1. The molecule has 1 aromatic carbocycles. The first-order chi connectivity index (χ1) is 14.2. The number of hydrogen-bond acceptors (Lipinski definition) is 8. The summed E-state index contributed by atoms with van der Waals surface area (Å²) in [5.41, 5.74) is 2.39. The lowest BCUT2D eigenvalue weighted by Gasteiger charge is -2.12. The zero-order valence-electron chi connectivity index (χ0n) is 15.8. The van der Waals surface area contributed by atoms with Gasteiger partial charge in [0.05, 0.1) is 17.5 Å². The van der Waals surface area contributed by atoms with Gasteiger partial charge in [0.1, 0.15) is 18.2 Å². The molecule has 0 radical (unpaired) electrons. The number of rotatable bonds is 8. The molecule has 1 aliphatic heterocycles. The van der Waals surface area contributed by atoms with Gasteiger partial charge in [-0.3, -0.25) is 9.63 Å². The van der Waals surface area contributed by atoms with Gasteiger partial charge in [-0.05, 0) is 19.1 Å². The van der Waals surface area contributed by atoms with Crippen LogP contribution in [0.2, 0.25) is 0 Å². The molecule has 7 nitrogen and oxygen atoms in total. The average Bonchev–Trinajstić information content (AvgIpc) is 3.38. The lowest BCUT2D eigenvalue weighted by molar-refractivity contribution is -0.157. The first-order valence-corrected chi connectivity index (χ1v) is 9.82. The van der Waals surface area contributed by atoms with E-state index in [-0.39, 0.29) is 19.2 Å². The van der Waals surface area contributed by atoms with E-state index in [0.717, 1.165) is 21.1 Å². The number of ether oxygens (including phenoxy) is 2. The van der Waals surface area contributed by atoms with Crippen molar-refractivity contribution in [2.75, 3.05) is 13.3 Å². The Labute approximate surface area is 172 Å². The molecule has 0 saturated carbocycles. The van der Waals surface area contributed by atoms with E-state index in [0.29, 0.717) is 24.2 Å². The van der Waals surface area contributed by atoms with E-state index < -0.39 is 0 Å². The van der Waals surface area contributed by atoms with Gasteiger partial charge >= 0.3 is 0 Å². The highest BCUT2D eigenvalue weighted by Gasteiger charge is 2.17. The Morgan fingerprint density at radius 1 is 1.21 bits per heavy atom. The normalized spacial score (nSPS) is 13.1. The van der Waals surface area contributed by atoms with Crippen molar-refractivity contribution in [2.45, 2.75) is 13.5 Å². The van der Waals surface area contributed by atoms with Gasteiger partial charge in [0.2, 0.25) is 5.88 Å². The van der Waals surface area contributed by atoms with Crippen LogP contribution in [0, 0.1) is 6.92 Å². The number of hydrogen-bond donors (Lipinski definition) is 0. The average molecular weight is 409 g/mol. The first kappa shape index (κ1) is 19.1. The number of aldehydes is 1. The summed E-state index contributed by atoms with van der Waals surface area (Å²) in [6.45, 7) is 2.80. The predicted molar refractivity (Wildman–Crippen MR) is 108 cm³/mol. The predicted octanol–water partition coefficient (Wildman–Crippen LogP) is 3.97. The number of nitrogens with zero attached hydrogens (tertiary/aromatic N) is 3. The minimum atomic E-state index is 0.158. The minimum Gasteiger partial charge on any atom is -0.470 e. The van der Waals surface area contributed by atoms with Crippen molar-refractivity contribution in [3.63, 3.8) is 0 Å². The van der Waals surface area contributed by atoms with Crippen molar-refractivity contribution in [1.29, 1.82) is 0 Å². The van der Waals surface area contributed by atoms with Crippen molar-refractivity contribution >= 4 is 17.6 Å². The first-order valence-electron chi connectivity index (χ1n) is 9.00. The van der Waals surface area contributed by atoms with Crippen LogP contribution in [0.5, 0.6) is 5.88 Å². The van der Waals surface area contributed by atoms with Gasteiger partial charge in [-0.15, -0.1) is 11.3 Å². The third-order valence-corrected chi connectivity index (χ3v) is 5.29. The van der Waals surface area contributed by atoms with Crippen LogP contribution in [0.15, 0.2) is 60.6 Å². The summed E-state index contributed by atoms with van der Waals surface area (Å²) in [4.78, 5) is 26.7. The maximum Gasteiger partial charge on any atom is 0.224 e. The maximum atomic E-state index is 11.0. The van der Waals surface area contributed by atoms with Crippen molar-refractivity contribution < 1.29 is 19.1 Å². The SMILES string of the molecule is Cc1sc(-c2ccccc2)nc1CON1C=C(COc2ncccc2C=O)OC1. The second-order valence-corrected chi connectivity index (χ2v) is 7.45. The molecule has 8 heteroatoms. The van der Waals surface area contributed by atoms with E-state index in [9.17, 15) is 4.79 Å². The zero-order chi connectivity index (χ0) is 20.1. The molecule has 0 bridgehead atoms. The molecule has 2 aromatic heterocycles. The van der Waals surface area contributed by atoms with Crippen LogP contribution >= 0.6 is 11.3 Å². The summed E-state index contributed by atoms with van der Waals surface area (Å²) in [5, 5.41) is 2.57. The number of pyridine rings is 1. The van der Waals surface area contributed by atoms with Crippen molar-refractivity contribution in [3.8, 4) is 16.5 Å². The third kappa shape index (κ3) is 4.61. The van der Waals surface area contributed by atoms with Gasteiger partial charge in [-0.2, -0.15) is 0 Å². The van der Waals surface area contributed by atoms with Crippen LogP contribution < -0.4 is 4.74 Å². The fraction of sp³-hybridized carbons (Fsp3) is 0.190. The highest BCUT2D eigenvalue weighted by atomic mass is 32.1. The molecule has 3 aromatic rings. The van der Waals surface area contributed by atoms with Crippen molar-refractivity contribution in [1.82, 2.24) is 15.0 Å². The molecule has 0 saturated heterocycles.